The van der Waals surface area contributed by atoms with E-state index < -0.39 is 35.0 Å². The van der Waals surface area contributed by atoms with E-state index in [1.54, 1.807) is 12.5 Å². The molecule has 0 saturated carbocycles. The highest BCUT2D eigenvalue weighted by molar-refractivity contribution is 5.91. The van der Waals surface area contributed by atoms with E-state index in [-0.39, 0.29) is 5.89 Å². The van der Waals surface area contributed by atoms with Gasteiger partial charge in [-0.1, -0.05) is 30.3 Å². The molecule has 0 aliphatic carbocycles. The van der Waals surface area contributed by atoms with Gasteiger partial charge in [-0.3, -0.25) is 9.78 Å². The van der Waals surface area contributed by atoms with Gasteiger partial charge in [0.15, 0.2) is 0 Å². The predicted octanol–water partition coefficient (Wildman–Crippen LogP) is 4.07. The summed E-state index contributed by atoms with van der Waals surface area (Å²) in [6.45, 7) is 0.332. The first-order valence-corrected chi connectivity index (χ1v) is 10.6. The summed E-state index contributed by atoms with van der Waals surface area (Å²) in [7, 11) is 0. The standard InChI is InChI=1S/C24H16F2N6O2/c25-15-6-3-7-16(26)19(15)22-30-31-23(34-22)24(33)32-9-8-17-20(29-12-28-17)21(32)18-10-13-4-1-2-5-14(13)11-27-18/h1-7,10-12,21H,8-9H2,(H,28,29)/t21-/m0/s1. The number of imidazole rings is 1. The van der Waals surface area contributed by atoms with Crippen LogP contribution in [0.25, 0.3) is 22.2 Å². The Hall–Kier alpha value is -4.47. The number of carbonyl (C=O) groups is 1. The molecule has 10 heteroatoms. The van der Waals surface area contributed by atoms with Crippen LogP contribution in [0.5, 0.6) is 0 Å². The lowest BCUT2D eigenvalue weighted by molar-refractivity contribution is 0.0647. The molecule has 0 fully saturated rings. The van der Waals surface area contributed by atoms with Crippen molar-refractivity contribution >= 4 is 16.7 Å². The van der Waals surface area contributed by atoms with Crippen LogP contribution in [0.2, 0.25) is 0 Å². The minimum Gasteiger partial charge on any atom is -0.412 e. The Bertz CT molecular complexity index is 1530. The van der Waals surface area contributed by atoms with Gasteiger partial charge >= 0.3 is 11.8 Å². The van der Waals surface area contributed by atoms with Crippen molar-refractivity contribution in [1.29, 1.82) is 0 Å². The second-order valence-corrected chi connectivity index (χ2v) is 7.88. The quantitative estimate of drug-likeness (QED) is 0.437. The predicted molar refractivity (Wildman–Crippen MR) is 117 cm³/mol. The van der Waals surface area contributed by atoms with E-state index in [1.165, 1.54) is 11.0 Å². The smallest absolute Gasteiger partial charge is 0.312 e. The zero-order valence-electron chi connectivity index (χ0n) is 17.6. The van der Waals surface area contributed by atoms with Crippen molar-refractivity contribution in [3.05, 3.63) is 95.7 Å². The summed E-state index contributed by atoms with van der Waals surface area (Å²) in [4.78, 5) is 27.2. The summed E-state index contributed by atoms with van der Waals surface area (Å²) in [5.41, 5.74) is 1.72. The highest BCUT2D eigenvalue weighted by Crippen LogP contribution is 2.35. The maximum absolute atomic E-state index is 14.2. The number of halogens is 2. The lowest BCUT2D eigenvalue weighted by atomic mass is 9.98. The second kappa shape index (κ2) is 7.84. The van der Waals surface area contributed by atoms with Crippen molar-refractivity contribution in [2.75, 3.05) is 6.54 Å². The summed E-state index contributed by atoms with van der Waals surface area (Å²) in [6, 6.07) is 12.5. The number of benzene rings is 2. The van der Waals surface area contributed by atoms with Crippen LogP contribution in [0.1, 0.15) is 33.8 Å². The number of pyridine rings is 1. The van der Waals surface area contributed by atoms with Gasteiger partial charge in [0.2, 0.25) is 0 Å². The Balaban J connectivity index is 1.41. The molecule has 3 aromatic heterocycles. The summed E-state index contributed by atoms with van der Waals surface area (Å²) in [6.07, 6.45) is 3.87. The molecule has 0 saturated heterocycles. The van der Waals surface area contributed by atoms with Gasteiger partial charge in [-0.25, -0.2) is 13.8 Å². The molecule has 34 heavy (non-hydrogen) atoms. The molecule has 0 bridgehead atoms. The van der Waals surface area contributed by atoms with E-state index in [2.05, 4.69) is 25.1 Å². The zero-order chi connectivity index (χ0) is 23.2. The maximum atomic E-state index is 14.2. The van der Waals surface area contributed by atoms with E-state index in [1.807, 2.05) is 30.3 Å². The van der Waals surface area contributed by atoms with Gasteiger partial charge in [-0.05, 0) is 23.6 Å². The number of hydrogen-bond donors (Lipinski definition) is 1. The fraction of sp³-hybridized carbons (Fsp3) is 0.125. The van der Waals surface area contributed by atoms with E-state index in [9.17, 15) is 13.6 Å². The Kier molecular flexibility index (Phi) is 4.65. The van der Waals surface area contributed by atoms with Gasteiger partial charge in [0.25, 0.3) is 5.89 Å². The Morgan fingerprint density at radius 2 is 1.82 bits per heavy atom. The van der Waals surface area contributed by atoms with Gasteiger partial charge in [0, 0.05) is 30.2 Å². The third kappa shape index (κ3) is 3.22. The van der Waals surface area contributed by atoms with Gasteiger partial charge < -0.3 is 14.3 Å². The molecule has 1 aliphatic heterocycles. The molecule has 0 unspecified atom stereocenters. The van der Waals surface area contributed by atoms with Gasteiger partial charge in [0.1, 0.15) is 23.2 Å². The minimum absolute atomic E-state index is 0.332. The number of aromatic nitrogens is 5. The van der Waals surface area contributed by atoms with Crippen LogP contribution in [0, 0.1) is 11.6 Å². The molecule has 1 aliphatic rings. The van der Waals surface area contributed by atoms with Crippen LogP contribution in [0.3, 0.4) is 0 Å². The number of carbonyl (C=O) groups excluding carboxylic acids is 1. The highest BCUT2D eigenvalue weighted by Gasteiger charge is 2.37. The number of rotatable bonds is 3. The van der Waals surface area contributed by atoms with Crippen molar-refractivity contribution in [1.82, 2.24) is 30.0 Å². The first-order valence-electron chi connectivity index (χ1n) is 10.6. The average Bonchev–Trinajstić information content (AvgIpc) is 3.53. The first-order chi connectivity index (χ1) is 16.6. The van der Waals surface area contributed by atoms with Crippen LogP contribution < -0.4 is 0 Å². The highest BCUT2D eigenvalue weighted by atomic mass is 19.1. The fourth-order valence-electron chi connectivity index (χ4n) is 4.28. The normalized spacial score (nSPS) is 15.5. The summed E-state index contributed by atoms with van der Waals surface area (Å²) in [5.74, 6) is -3.08. The summed E-state index contributed by atoms with van der Waals surface area (Å²) < 4.78 is 33.7. The number of amides is 1. The molecule has 6 rings (SSSR count). The van der Waals surface area contributed by atoms with Gasteiger partial charge in [-0.15, -0.1) is 10.2 Å². The van der Waals surface area contributed by atoms with Crippen molar-refractivity contribution in [3.63, 3.8) is 0 Å². The van der Waals surface area contributed by atoms with Crippen LogP contribution in [-0.4, -0.2) is 42.5 Å². The maximum Gasteiger partial charge on any atom is 0.312 e. The number of fused-ring (bicyclic) bond motifs is 2. The SMILES string of the molecule is O=C(c1nnc(-c2c(F)cccc2F)o1)N1CCc2[nH]cnc2[C@@H]1c1cc2ccccc2cn1. The first kappa shape index (κ1) is 20.2. The molecule has 5 aromatic rings. The van der Waals surface area contributed by atoms with Gasteiger partial charge in [0.05, 0.1) is 17.7 Å². The monoisotopic (exact) mass is 458 g/mol. The number of aromatic amines is 1. The molecule has 0 radical (unpaired) electrons. The van der Waals surface area contributed by atoms with Crippen molar-refractivity contribution in [2.45, 2.75) is 12.5 Å². The molecule has 1 atom stereocenters. The zero-order valence-corrected chi connectivity index (χ0v) is 17.6. The molecule has 168 valence electrons. The van der Waals surface area contributed by atoms with Crippen LogP contribution in [0.15, 0.2) is 65.5 Å². The molecule has 2 aromatic carbocycles. The number of H-pyrrole nitrogens is 1. The third-order valence-electron chi connectivity index (χ3n) is 5.90. The van der Waals surface area contributed by atoms with E-state index >= 15 is 0 Å². The molecule has 0 spiro atoms. The van der Waals surface area contributed by atoms with Crippen molar-refractivity contribution in [2.24, 2.45) is 0 Å². The molecular formula is C24H16F2N6O2. The summed E-state index contributed by atoms with van der Waals surface area (Å²) in [5, 5.41) is 9.44. The molecule has 8 nitrogen and oxygen atoms in total. The second-order valence-electron chi connectivity index (χ2n) is 7.88. The Morgan fingerprint density at radius 1 is 1.03 bits per heavy atom. The van der Waals surface area contributed by atoms with E-state index in [4.69, 9.17) is 4.42 Å². The van der Waals surface area contributed by atoms with E-state index in [0.29, 0.717) is 24.4 Å². The minimum atomic E-state index is -0.861. The average molecular weight is 458 g/mol. The molecule has 1 amide bonds. The van der Waals surface area contributed by atoms with Crippen LogP contribution in [-0.2, 0) is 6.42 Å². The largest absolute Gasteiger partial charge is 0.412 e. The van der Waals surface area contributed by atoms with Crippen molar-refractivity contribution < 1.29 is 18.0 Å². The lowest BCUT2D eigenvalue weighted by Gasteiger charge is -2.33. The van der Waals surface area contributed by atoms with Crippen LogP contribution in [0.4, 0.5) is 8.78 Å². The number of nitrogens with zero attached hydrogens (tertiary/aromatic N) is 5. The number of hydrogen-bond acceptors (Lipinski definition) is 6. The Morgan fingerprint density at radius 3 is 2.65 bits per heavy atom. The summed E-state index contributed by atoms with van der Waals surface area (Å²) >= 11 is 0. The lowest BCUT2D eigenvalue weighted by Crippen LogP contribution is -2.41. The van der Waals surface area contributed by atoms with Crippen molar-refractivity contribution in [3.8, 4) is 11.5 Å². The number of nitrogens with one attached hydrogen (secondary N) is 1. The van der Waals surface area contributed by atoms with E-state index in [0.717, 1.165) is 28.6 Å². The third-order valence-corrected chi connectivity index (χ3v) is 5.90. The fourth-order valence-corrected chi connectivity index (χ4v) is 4.28. The van der Waals surface area contributed by atoms with Crippen LogP contribution >= 0.6 is 0 Å². The Labute approximate surface area is 191 Å². The van der Waals surface area contributed by atoms with Gasteiger partial charge in [-0.2, -0.15) is 0 Å². The topological polar surface area (TPSA) is 101 Å². The molecular weight excluding hydrogens is 442 g/mol. The molecule has 1 N–H and O–H groups in total. The molecule has 4 heterocycles.